The number of phenols is 1. The molecule has 28 heavy (non-hydrogen) atoms. The topological polar surface area (TPSA) is 96.9 Å². The summed E-state index contributed by atoms with van der Waals surface area (Å²) in [5.41, 5.74) is 1.39. The molecule has 152 valence electrons. The third kappa shape index (κ3) is 4.27. The Morgan fingerprint density at radius 2 is 2.07 bits per heavy atom. The smallest absolute Gasteiger partial charge is 0.338 e. The first-order valence-electron chi connectivity index (χ1n) is 9.35. The van der Waals surface area contributed by atoms with E-state index in [1.807, 2.05) is 0 Å². The highest BCUT2D eigenvalue weighted by Gasteiger charge is 2.34. The highest BCUT2D eigenvalue weighted by atomic mass is 79.9. The van der Waals surface area contributed by atoms with E-state index in [0.29, 0.717) is 27.2 Å². The Kier molecular flexibility index (Phi) is 6.17. The molecule has 0 bridgehead atoms. The van der Waals surface area contributed by atoms with Crippen LogP contribution in [0.3, 0.4) is 0 Å². The minimum atomic E-state index is -0.715. The molecule has 1 aromatic carbocycles. The standard InChI is InChI=1S/C20H25BrN2O5/c1-10-5-4-6-13(7-10)28-19(25)16-11(2)22-20(26)23-17(16)12-8-14(21)18(24)15(9-12)27-3/h8-10,13,17,24H,4-7H2,1-3H3,(H2,22,23,26)/t10-,13+,17-/m1/s1. The van der Waals surface area contributed by atoms with E-state index in [1.54, 1.807) is 19.1 Å². The summed E-state index contributed by atoms with van der Waals surface area (Å²) in [6, 6.07) is 2.12. The van der Waals surface area contributed by atoms with E-state index in [9.17, 15) is 14.7 Å². The first kappa shape index (κ1) is 20.5. The lowest BCUT2D eigenvalue weighted by Crippen LogP contribution is -2.45. The zero-order chi connectivity index (χ0) is 20.4. The quantitative estimate of drug-likeness (QED) is 0.601. The number of hydrogen-bond donors (Lipinski definition) is 3. The van der Waals surface area contributed by atoms with Crippen LogP contribution in [-0.2, 0) is 9.53 Å². The van der Waals surface area contributed by atoms with Crippen molar-refractivity contribution < 1.29 is 24.2 Å². The summed E-state index contributed by atoms with van der Waals surface area (Å²) in [6.45, 7) is 3.84. The van der Waals surface area contributed by atoms with E-state index < -0.39 is 18.0 Å². The number of hydrogen-bond acceptors (Lipinski definition) is 5. The molecule has 0 spiro atoms. The number of benzene rings is 1. The van der Waals surface area contributed by atoms with Crippen molar-refractivity contribution in [3.63, 3.8) is 0 Å². The van der Waals surface area contributed by atoms with E-state index >= 15 is 0 Å². The number of esters is 1. The molecule has 0 saturated heterocycles. The van der Waals surface area contributed by atoms with Crippen molar-refractivity contribution in [3.05, 3.63) is 33.4 Å². The Labute approximate surface area is 172 Å². The van der Waals surface area contributed by atoms with Gasteiger partial charge < -0.3 is 25.2 Å². The van der Waals surface area contributed by atoms with Crippen LogP contribution in [0.5, 0.6) is 11.5 Å². The summed E-state index contributed by atoms with van der Waals surface area (Å²) in [4.78, 5) is 25.1. The average Bonchev–Trinajstić information content (AvgIpc) is 2.63. The van der Waals surface area contributed by atoms with Crippen molar-refractivity contribution in [2.45, 2.75) is 51.7 Å². The second-order valence-electron chi connectivity index (χ2n) is 7.42. The number of phenolic OH excluding ortho intramolecular Hbond substituents is 1. The van der Waals surface area contributed by atoms with Crippen molar-refractivity contribution in [3.8, 4) is 11.5 Å². The summed E-state index contributed by atoms with van der Waals surface area (Å²) in [6.07, 6.45) is 3.78. The molecule has 2 amide bonds. The van der Waals surface area contributed by atoms with Gasteiger partial charge in [-0.3, -0.25) is 0 Å². The Balaban J connectivity index is 1.93. The van der Waals surface area contributed by atoms with E-state index in [4.69, 9.17) is 9.47 Å². The van der Waals surface area contributed by atoms with Gasteiger partial charge in [0.15, 0.2) is 11.5 Å². The van der Waals surface area contributed by atoms with Crippen LogP contribution in [0.15, 0.2) is 27.9 Å². The zero-order valence-corrected chi connectivity index (χ0v) is 17.8. The summed E-state index contributed by atoms with van der Waals surface area (Å²) >= 11 is 3.29. The van der Waals surface area contributed by atoms with Crippen LogP contribution in [0.4, 0.5) is 4.79 Å². The van der Waals surface area contributed by atoms with Crippen molar-refractivity contribution in [1.29, 1.82) is 0 Å². The molecule has 1 aromatic rings. The molecule has 1 fully saturated rings. The van der Waals surface area contributed by atoms with E-state index in [-0.39, 0.29) is 17.6 Å². The minimum absolute atomic E-state index is 0.0486. The van der Waals surface area contributed by atoms with Crippen molar-refractivity contribution >= 4 is 27.9 Å². The van der Waals surface area contributed by atoms with Gasteiger partial charge in [-0.25, -0.2) is 9.59 Å². The number of halogens is 1. The fraction of sp³-hybridized carbons (Fsp3) is 0.500. The normalized spacial score (nSPS) is 25.0. The molecule has 0 aromatic heterocycles. The molecule has 1 aliphatic heterocycles. The number of nitrogens with one attached hydrogen (secondary N) is 2. The molecular weight excluding hydrogens is 428 g/mol. The van der Waals surface area contributed by atoms with Crippen LogP contribution in [0.1, 0.15) is 51.1 Å². The van der Waals surface area contributed by atoms with Crippen LogP contribution in [0.2, 0.25) is 0 Å². The second-order valence-corrected chi connectivity index (χ2v) is 8.28. The Morgan fingerprint density at radius 3 is 2.75 bits per heavy atom. The molecule has 3 rings (SSSR count). The number of urea groups is 1. The van der Waals surface area contributed by atoms with E-state index in [2.05, 4.69) is 33.5 Å². The highest BCUT2D eigenvalue weighted by molar-refractivity contribution is 9.10. The molecule has 3 atom stereocenters. The molecule has 1 heterocycles. The fourth-order valence-corrected chi connectivity index (χ4v) is 4.29. The Bertz CT molecular complexity index is 823. The Morgan fingerprint density at radius 1 is 1.32 bits per heavy atom. The lowest BCUT2D eigenvalue weighted by Gasteiger charge is -2.31. The van der Waals surface area contributed by atoms with Crippen molar-refractivity contribution in [2.24, 2.45) is 5.92 Å². The number of amides is 2. The van der Waals surface area contributed by atoms with Gasteiger partial charge in [0.25, 0.3) is 0 Å². The van der Waals surface area contributed by atoms with Gasteiger partial charge in [-0.2, -0.15) is 0 Å². The molecular formula is C20H25BrN2O5. The number of aromatic hydroxyl groups is 1. The maximum absolute atomic E-state index is 13.0. The van der Waals surface area contributed by atoms with Gasteiger partial charge in [-0.05, 0) is 65.7 Å². The van der Waals surface area contributed by atoms with Gasteiger partial charge in [-0.1, -0.05) is 13.3 Å². The SMILES string of the molecule is COc1cc([C@H]2NC(=O)NC(C)=C2C(=O)O[C@H]2CCC[C@@H](C)C2)cc(Br)c1O. The van der Waals surface area contributed by atoms with Crippen LogP contribution in [-0.4, -0.2) is 30.3 Å². The Hall–Kier alpha value is -2.22. The molecule has 8 heteroatoms. The van der Waals surface area contributed by atoms with E-state index in [0.717, 1.165) is 25.7 Å². The number of carbonyl (C=O) groups is 2. The predicted molar refractivity (Wildman–Crippen MR) is 107 cm³/mol. The third-order valence-corrected chi connectivity index (χ3v) is 5.86. The van der Waals surface area contributed by atoms with Gasteiger partial charge in [0.05, 0.1) is 23.2 Å². The van der Waals surface area contributed by atoms with E-state index in [1.165, 1.54) is 7.11 Å². The first-order chi connectivity index (χ1) is 13.3. The van der Waals surface area contributed by atoms with Crippen LogP contribution in [0.25, 0.3) is 0 Å². The monoisotopic (exact) mass is 452 g/mol. The molecule has 3 N–H and O–H groups in total. The lowest BCUT2D eigenvalue weighted by molar-refractivity contribution is -0.146. The van der Waals surface area contributed by atoms with Gasteiger partial charge in [0, 0.05) is 5.70 Å². The van der Waals surface area contributed by atoms with Gasteiger partial charge >= 0.3 is 12.0 Å². The largest absolute Gasteiger partial charge is 0.503 e. The van der Waals surface area contributed by atoms with Gasteiger partial charge in [0.1, 0.15) is 6.10 Å². The van der Waals surface area contributed by atoms with Crippen LogP contribution < -0.4 is 15.4 Å². The molecule has 1 aliphatic carbocycles. The molecule has 0 radical (unpaired) electrons. The van der Waals surface area contributed by atoms with Crippen molar-refractivity contribution in [2.75, 3.05) is 7.11 Å². The average molecular weight is 453 g/mol. The summed E-state index contributed by atoms with van der Waals surface area (Å²) < 4.78 is 11.4. The lowest BCUT2D eigenvalue weighted by atomic mass is 9.88. The molecule has 0 unspecified atom stereocenters. The number of carbonyl (C=O) groups excluding carboxylic acids is 2. The summed E-state index contributed by atoms with van der Waals surface area (Å²) in [5, 5.41) is 15.5. The highest BCUT2D eigenvalue weighted by Crippen LogP contribution is 2.39. The van der Waals surface area contributed by atoms with Crippen LogP contribution in [0, 0.1) is 5.92 Å². The predicted octanol–water partition coefficient (Wildman–Crippen LogP) is 3.91. The second kappa shape index (κ2) is 8.43. The summed E-state index contributed by atoms with van der Waals surface area (Å²) in [5.74, 6) is 0.271. The van der Waals surface area contributed by atoms with Crippen LogP contribution >= 0.6 is 15.9 Å². The fourth-order valence-electron chi connectivity index (χ4n) is 3.83. The van der Waals surface area contributed by atoms with Gasteiger partial charge in [0.2, 0.25) is 0 Å². The molecule has 7 nitrogen and oxygen atoms in total. The van der Waals surface area contributed by atoms with Crippen molar-refractivity contribution in [1.82, 2.24) is 10.6 Å². The molecule has 2 aliphatic rings. The minimum Gasteiger partial charge on any atom is -0.503 e. The number of rotatable bonds is 4. The number of allylic oxidation sites excluding steroid dienone is 1. The maximum Gasteiger partial charge on any atom is 0.338 e. The number of ether oxygens (including phenoxy) is 2. The maximum atomic E-state index is 13.0. The third-order valence-electron chi connectivity index (χ3n) is 5.26. The zero-order valence-electron chi connectivity index (χ0n) is 16.2. The number of methoxy groups -OCH3 is 1. The van der Waals surface area contributed by atoms with Gasteiger partial charge in [-0.15, -0.1) is 0 Å². The first-order valence-corrected chi connectivity index (χ1v) is 10.1. The molecule has 1 saturated carbocycles. The summed E-state index contributed by atoms with van der Waals surface area (Å²) in [7, 11) is 1.44.